The molecule has 0 radical (unpaired) electrons. The summed E-state index contributed by atoms with van der Waals surface area (Å²) in [6.07, 6.45) is 0. The minimum atomic E-state index is -1.30. The zero-order chi connectivity index (χ0) is 16.4. The lowest BCUT2D eigenvalue weighted by molar-refractivity contribution is -0.130. The summed E-state index contributed by atoms with van der Waals surface area (Å²) in [5.41, 5.74) is 5.93. The van der Waals surface area contributed by atoms with Gasteiger partial charge in [0.15, 0.2) is 0 Å². The third-order valence-corrected chi connectivity index (χ3v) is 2.38. The third kappa shape index (κ3) is 6.17. The van der Waals surface area contributed by atoms with E-state index in [1.165, 1.54) is 0 Å². The summed E-state index contributed by atoms with van der Waals surface area (Å²) in [6.45, 7) is 0. The molecular formula is C17H13NO4. The molecule has 0 aliphatic carbocycles. The van der Waals surface area contributed by atoms with E-state index in [2.05, 4.69) is 0 Å². The number of rotatable bonds is 2. The maximum atomic E-state index is 11.1. The average molecular weight is 295 g/mol. The van der Waals surface area contributed by atoms with Gasteiger partial charge in [-0.15, -0.1) is 0 Å². The number of primary amides is 1. The number of hydrogen-bond donors (Lipinski definition) is 2. The van der Waals surface area contributed by atoms with Crippen molar-refractivity contribution in [2.75, 3.05) is 0 Å². The van der Waals surface area contributed by atoms with Crippen molar-refractivity contribution in [3.05, 3.63) is 71.8 Å². The number of carbonyl (C=O) groups is 3. The van der Waals surface area contributed by atoms with E-state index in [4.69, 9.17) is 10.8 Å². The summed E-state index contributed by atoms with van der Waals surface area (Å²) in [5, 5.41) is 8.18. The van der Waals surface area contributed by atoms with Gasteiger partial charge < -0.3 is 10.8 Å². The third-order valence-electron chi connectivity index (χ3n) is 2.38. The Hall–Kier alpha value is -3.39. The van der Waals surface area contributed by atoms with Gasteiger partial charge in [0.2, 0.25) is 11.7 Å². The van der Waals surface area contributed by atoms with Gasteiger partial charge in [-0.3, -0.25) is 9.59 Å². The fraction of sp³-hybridized carbons (Fsp3) is 0. The molecule has 0 aliphatic rings. The number of carbonyl (C=O) groups excluding carboxylic acids is 2. The molecule has 2 aromatic carbocycles. The molecule has 5 heteroatoms. The van der Waals surface area contributed by atoms with Crippen LogP contribution in [0.15, 0.2) is 60.7 Å². The molecule has 3 N–H and O–H groups in total. The van der Waals surface area contributed by atoms with Gasteiger partial charge in [0.25, 0.3) is 0 Å². The minimum absolute atomic E-state index is 0.379. The van der Waals surface area contributed by atoms with Crippen LogP contribution in [0.5, 0.6) is 0 Å². The Bertz CT molecular complexity index is 713. The molecule has 0 spiro atoms. The molecule has 22 heavy (non-hydrogen) atoms. The number of benzene rings is 2. The second kappa shape index (κ2) is 8.72. The first-order valence-corrected chi connectivity index (χ1v) is 6.20. The highest BCUT2D eigenvalue weighted by Gasteiger charge is 1.99. The molecule has 1 amide bonds. The van der Waals surface area contributed by atoms with Crippen LogP contribution >= 0.6 is 0 Å². The van der Waals surface area contributed by atoms with Crippen LogP contribution in [0.2, 0.25) is 0 Å². The van der Waals surface area contributed by atoms with Gasteiger partial charge in [-0.05, 0) is 18.1 Å². The Morgan fingerprint density at radius 1 is 0.773 bits per heavy atom. The molecule has 0 unspecified atom stereocenters. The minimum Gasteiger partial charge on any atom is -0.472 e. The predicted octanol–water partition coefficient (Wildman–Crippen LogP) is 1.74. The van der Waals surface area contributed by atoms with Crippen LogP contribution in [0, 0.1) is 11.8 Å². The maximum Gasteiger partial charge on any atom is 0.382 e. The number of aliphatic carboxylic acids is 1. The van der Waals surface area contributed by atoms with Crippen molar-refractivity contribution < 1.29 is 19.5 Å². The molecule has 0 aromatic heterocycles. The fourth-order valence-electron chi connectivity index (χ4n) is 1.37. The first-order valence-electron chi connectivity index (χ1n) is 6.20. The topological polar surface area (TPSA) is 97.5 Å². The van der Waals surface area contributed by atoms with E-state index < -0.39 is 11.8 Å². The van der Waals surface area contributed by atoms with E-state index in [0.717, 1.165) is 0 Å². The highest BCUT2D eigenvalue weighted by molar-refractivity contribution is 6.11. The molecule has 0 atom stereocenters. The van der Waals surface area contributed by atoms with Gasteiger partial charge in [-0.2, -0.15) is 0 Å². The van der Waals surface area contributed by atoms with Crippen molar-refractivity contribution in [2.24, 2.45) is 5.73 Å². The molecular weight excluding hydrogens is 282 g/mol. The lowest BCUT2D eigenvalue weighted by atomic mass is 10.1. The molecule has 0 aliphatic heterocycles. The summed E-state index contributed by atoms with van der Waals surface area (Å²) in [4.78, 5) is 31.5. The van der Waals surface area contributed by atoms with Crippen LogP contribution in [-0.4, -0.2) is 22.8 Å². The molecule has 5 nitrogen and oxygen atoms in total. The number of hydrogen-bond acceptors (Lipinski definition) is 3. The second-order valence-corrected chi connectivity index (χ2v) is 3.98. The second-order valence-electron chi connectivity index (χ2n) is 3.98. The Labute approximate surface area is 127 Å². The van der Waals surface area contributed by atoms with E-state index in [-0.39, 0.29) is 5.91 Å². The molecule has 110 valence electrons. The fourth-order valence-corrected chi connectivity index (χ4v) is 1.37. The summed E-state index contributed by atoms with van der Waals surface area (Å²) < 4.78 is 0. The van der Waals surface area contributed by atoms with E-state index in [1.54, 1.807) is 60.5 Å². The van der Waals surface area contributed by atoms with E-state index in [9.17, 15) is 14.4 Å². The highest BCUT2D eigenvalue weighted by Crippen LogP contribution is 1.98. The van der Waals surface area contributed by atoms with Gasteiger partial charge >= 0.3 is 5.97 Å². The molecule has 2 rings (SSSR count). The van der Waals surface area contributed by atoms with Gasteiger partial charge in [0.1, 0.15) is 0 Å². The van der Waals surface area contributed by atoms with Gasteiger partial charge in [0.05, 0.1) is 0 Å². The van der Waals surface area contributed by atoms with Crippen molar-refractivity contribution in [3.8, 4) is 11.8 Å². The number of nitrogens with two attached hydrogens (primary N) is 1. The number of ketones is 1. The first-order chi connectivity index (χ1) is 10.5. The Kier molecular flexibility index (Phi) is 6.60. The van der Waals surface area contributed by atoms with E-state index in [1.807, 2.05) is 12.0 Å². The lowest BCUT2D eigenvalue weighted by Gasteiger charge is -1.89. The lowest BCUT2D eigenvalue weighted by Crippen LogP contribution is -2.09. The smallest absolute Gasteiger partial charge is 0.382 e. The monoisotopic (exact) mass is 295 g/mol. The molecule has 0 saturated heterocycles. The van der Waals surface area contributed by atoms with Crippen molar-refractivity contribution in [3.63, 3.8) is 0 Å². The summed E-state index contributed by atoms with van der Waals surface area (Å²) in [5.74, 6) is 1.61. The molecule has 0 bridgehead atoms. The van der Waals surface area contributed by atoms with E-state index >= 15 is 0 Å². The van der Waals surface area contributed by atoms with Gasteiger partial charge in [0, 0.05) is 17.0 Å². The van der Waals surface area contributed by atoms with Crippen LogP contribution in [0.1, 0.15) is 20.7 Å². The molecule has 0 saturated carbocycles. The summed E-state index contributed by atoms with van der Waals surface area (Å²) in [6, 6.07) is 17.1. The average Bonchev–Trinajstić information content (AvgIpc) is 2.55. The predicted molar refractivity (Wildman–Crippen MR) is 81.1 cm³/mol. The zero-order valence-electron chi connectivity index (χ0n) is 11.5. The summed E-state index contributed by atoms with van der Waals surface area (Å²) >= 11 is 0. The zero-order valence-corrected chi connectivity index (χ0v) is 11.5. The number of Topliss-reactive ketones (excluding diaryl/α,β-unsaturated/α-hetero) is 1. The van der Waals surface area contributed by atoms with Crippen molar-refractivity contribution >= 4 is 17.7 Å². The SMILES string of the molecule is NC(=O)c1ccccc1.O=C(O)C#CC(=O)c1ccccc1. The molecule has 0 fully saturated rings. The van der Waals surface area contributed by atoms with Crippen molar-refractivity contribution in [2.45, 2.75) is 0 Å². The largest absolute Gasteiger partial charge is 0.472 e. The van der Waals surface area contributed by atoms with Crippen molar-refractivity contribution in [1.29, 1.82) is 0 Å². The van der Waals surface area contributed by atoms with Crippen LogP contribution in [0.3, 0.4) is 0 Å². The van der Waals surface area contributed by atoms with Gasteiger partial charge in [-0.1, -0.05) is 48.5 Å². The van der Waals surface area contributed by atoms with Crippen LogP contribution < -0.4 is 5.73 Å². The Morgan fingerprint density at radius 3 is 1.59 bits per heavy atom. The number of carboxylic acids is 1. The summed E-state index contributed by atoms with van der Waals surface area (Å²) in [7, 11) is 0. The van der Waals surface area contributed by atoms with Crippen LogP contribution in [0.4, 0.5) is 0 Å². The van der Waals surface area contributed by atoms with Crippen LogP contribution in [-0.2, 0) is 4.79 Å². The quantitative estimate of drug-likeness (QED) is 0.501. The molecule has 0 heterocycles. The Balaban J connectivity index is 0.000000235. The van der Waals surface area contributed by atoms with E-state index in [0.29, 0.717) is 11.1 Å². The standard InChI is InChI=1S/C10H6O3.C7H7NO/c11-9(6-7-10(12)13)8-4-2-1-3-5-8;8-7(9)6-4-2-1-3-5-6/h1-5H,(H,12,13);1-5H,(H2,8,9). The highest BCUT2D eigenvalue weighted by atomic mass is 16.4. The number of amides is 1. The first kappa shape index (κ1) is 16.7. The van der Waals surface area contributed by atoms with Gasteiger partial charge in [-0.25, -0.2) is 4.79 Å². The molecule has 2 aromatic rings. The van der Waals surface area contributed by atoms with Crippen molar-refractivity contribution in [1.82, 2.24) is 0 Å². The number of carboxylic acid groups (broad SMARTS) is 1. The normalized spacial score (nSPS) is 8.55. The van der Waals surface area contributed by atoms with Crippen LogP contribution in [0.25, 0.3) is 0 Å². The maximum absolute atomic E-state index is 11.1. The Morgan fingerprint density at radius 2 is 1.23 bits per heavy atom.